The number of thioether (sulfide) groups is 1. The van der Waals surface area contributed by atoms with Gasteiger partial charge in [0, 0.05) is 23.6 Å². The van der Waals surface area contributed by atoms with E-state index in [-0.39, 0.29) is 11.7 Å². The molecule has 0 radical (unpaired) electrons. The molecule has 0 aliphatic carbocycles. The highest BCUT2D eigenvalue weighted by Gasteiger charge is 2.20. The Hall–Kier alpha value is -3.65. The summed E-state index contributed by atoms with van der Waals surface area (Å²) < 4.78 is 7.77. The van der Waals surface area contributed by atoms with Gasteiger partial charge in [0.2, 0.25) is 5.91 Å². The Morgan fingerprint density at radius 3 is 2.56 bits per heavy atom. The van der Waals surface area contributed by atoms with Gasteiger partial charge < -0.3 is 10.1 Å². The van der Waals surface area contributed by atoms with Crippen LogP contribution in [0, 0.1) is 6.92 Å². The molecular weight excluding hydrogens is 422 g/mol. The van der Waals surface area contributed by atoms with Gasteiger partial charge in [0.15, 0.2) is 11.0 Å². The number of aromatic nitrogens is 4. The molecule has 0 aliphatic heterocycles. The van der Waals surface area contributed by atoms with Gasteiger partial charge in [0.05, 0.1) is 18.0 Å². The molecule has 2 aromatic carbocycles. The third kappa shape index (κ3) is 4.81. The first-order valence-electron chi connectivity index (χ1n) is 10.2. The highest BCUT2D eigenvalue weighted by molar-refractivity contribution is 7.99. The Labute approximate surface area is 190 Å². The second-order valence-electron chi connectivity index (χ2n) is 6.93. The molecule has 2 aromatic heterocycles. The zero-order valence-electron chi connectivity index (χ0n) is 17.9. The Balaban J connectivity index is 1.65. The average molecular weight is 446 g/mol. The second kappa shape index (κ2) is 10.1. The van der Waals surface area contributed by atoms with E-state index in [9.17, 15) is 4.79 Å². The van der Waals surface area contributed by atoms with Gasteiger partial charge in [-0.3, -0.25) is 14.3 Å². The first-order valence-corrected chi connectivity index (χ1v) is 11.2. The fourth-order valence-corrected chi connectivity index (χ4v) is 3.96. The maximum atomic E-state index is 12.6. The lowest BCUT2D eigenvalue weighted by Gasteiger charge is -2.15. The minimum atomic E-state index is -0.109. The number of aryl methyl sites for hydroxylation is 1. The van der Waals surface area contributed by atoms with Crippen LogP contribution in [0.25, 0.3) is 17.1 Å². The Morgan fingerprint density at radius 1 is 1.03 bits per heavy atom. The molecule has 0 aliphatic rings. The molecule has 162 valence electrons. The van der Waals surface area contributed by atoms with Gasteiger partial charge in [-0.1, -0.05) is 42.1 Å². The van der Waals surface area contributed by atoms with E-state index in [0.29, 0.717) is 17.6 Å². The Bertz CT molecular complexity index is 1210. The molecule has 4 rings (SSSR count). The lowest BCUT2D eigenvalue weighted by molar-refractivity contribution is -0.113. The molecule has 0 fully saturated rings. The van der Waals surface area contributed by atoms with Crippen molar-refractivity contribution in [3.8, 4) is 22.8 Å². The number of rotatable bonds is 8. The van der Waals surface area contributed by atoms with Gasteiger partial charge in [-0.2, -0.15) is 0 Å². The number of benzene rings is 2. The number of nitrogens with zero attached hydrogens (tertiary/aromatic N) is 4. The monoisotopic (exact) mass is 445 g/mol. The van der Waals surface area contributed by atoms with Crippen molar-refractivity contribution >= 4 is 23.4 Å². The van der Waals surface area contributed by atoms with Crippen LogP contribution in [-0.4, -0.2) is 38.0 Å². The smallest absolute Gasteiger partial charge is 0.234 e. The lowest BCUT2D eigenvalue weighted by atomic mass is 10.2. The molecular formula is C24H23N5O2S. The molecule has 1 amide bonds. The van der Waals surface area contributed by atoms with Crippen LogP contribution < -0.4 is 10.1 Å². The van der Waals surface area contributed by atoms with Crippen molar-refractivity contribution in [2.24, 2.45) is 0 Å². The van der Waals surface area contributed by atoms with E-state index in [1.54, 1.807) is 12.4 Å². The van der Waals surface area contributed by atoms with Gasteiger partial charge in [-0.05, 0) is 49.7 Å². The predicted molar refractivity (Wildman–Crippen MR) is 126 cm³/mol. The van der Waals surface area contributed by atoms with Crippen molar-refractivity contribution in [1.82, 2.24) is 19.7 Å². The molecule has 1 N–H and O–H groups in total. The van der Waals surface area contributed by atoms with E-state index >= 15 is 0 Å². The number of para-hydroxylation sites is 3. The molecule has 0 unspecified atom stereocenters. The van der Waals surface area contributed by atoms with Crippen molar-refractivity contribution in [2.45, 2.75) is 19.0 Å². The van der Waals surface area contributed by atoms with E-state index in [1.165, 1.54) is 11.8 Å². The van der Waals surface area contributed by atoms with E-state index in [0.717, 1.165) is 28.3 Å². The summed E-state index contributed by atoms with van der Waals surface area (Å²) in [7, 11) is 0. The highest BCUT2D eigenvalue weighted by Crippen LogP contribution is 2.32. The molecule has 0 atom stereocenters. The molecule has 0 bridgehead atoms. The number of anilines is 1. The summed E-state index contributed by atoms with van der Waals surface area (Å²) in [5, 5.41) is 12.4. The number of pyridine rings is 1. The third-order valence-corrected chi connectivity index (χ3v) is 5.66. The minimum absolute atomic E-state index is 0.109. The van der Waals surface area contributed by atoms with Crippen LogP contribution in [0.4, 0.5) is 5.69 Å². The zero-order chi connectivity index (χ0) is 22.3. The summed E-state index contributed by atoms with van der Waals surface area (Å²) >= 11 is 1.32. The number of hydrogen-bond donors (Lipinski definition) is 1. The number of nitrogens with one attached hydrogen (secondary N) is 1. The predicted octanol–water partition coefficient (Wildman–Crippen LogP) is 4.77. The van der Waals surface area contributed by atoms with Crippen LogP contribution in [0.1, 0.15) is 12.5 Å². The minimum Gasteiger partial charge on any atom is -0.492 e. The van der Waals surface area contributed by atoms with Crippen LogP contribution in [0.5, 0.6) is 5.75 Å². The van der Waals surface area contributed by atoms with Crippen molar-refractivity contribution in [1.29, 1.82) is 0 Å². The van der Waals surface area contributed by atoms with Crippen molar-refractivity contribution in [3.63, 3.8) is 0 Å². The fraction of sp³-hybridized carbons (Fsp3) is 0.167. The zero-order valence-corrected chi connectivity index (χ0v) is 18.7. The summed E-state index contributed by atoms with van der Waals surface area (Å²) in [6, 6.07) is 19.2. The van der Waals surface area contributed by atoms with Gasteiger partial charge >= 0.3 is 0 Å². The summed E-state index contributed by atoms with van der Waals surface area (Å²) in [6.07, 6.45) is 3.43. The molecule has 0 saturated heterocycles. The number of hydrogen-bond acceptors (Lipinski definition) is 6. The van der Waals surface area contributed by atoms with Gasteiger partial charge in [0.1, 0.15) is 5.75 Å². The number of amides is 1. The van der Waals surface area contributed by atoms with Crippen molar-refractivity contribution in [3.05, 3.63) is 78.6 Å². The van der Waals surface area contributed by atoms with Gasteiger partial charge in [-0.15, -0.1) is 10.2 Å². The van der Waals surface area contributed by atoms with E-state index in [4.69, 9.17) is 4.74 Å². The van der Waals surface area contributed by atoms with E-state index in [2.05, 4.69) is 20.5 Å². The first-order chi connectivity index (χ1) is 15.7. The lowest BCUT2D eigenvalue weighted by Crippen LogP contribution is -2.15. The standard InChI is InChI=1S/C24H23N5O2S/c1-3-31-21-11-7-6-10-20(21)29-23(18-12-14-25-15-13-18)27-28-24(29)32-16-22(30)26-19-9-5-4-8-17(19)2/h4-15H,3,16H2,1-2H3,(H,26,30). The molecule has 32 heavy (non-hydrogen) atoms. The molecule has 2 heterocycles. The highest BCUT2D eigenvalue weighted by atomic mass is 32.2. The molecule has 4 aromatic rings. The fourth-order valence-electron chi connectivity index (χ4n) is 3.22. The molecule has 8 heteroatoms. The summed E-state index contributed by atoms with van der Waals surface area (Å²) in [4.78, 5) is 16.7. The van der Waals surface area contributed by atoms with Crippen LogP contribution in [0.3, 0.4) is 0 Å². The Kier molecular flexibility index (Phi) is 6.81. The first kappa shape index (κ1) is 21.6. The van der Waals surface area contributed by atoms with Gasteiger partial charge in [-0.25, -0.2) is 0 Å². The number of carbonyl (C=O) groups excluding carboxylic acids is 1. The number of ether oxygens (including phenoxy) is 1. The topological polar surface area (TPSA) is 81.9 Å². The van der Waals surface area contributed by atoms with Crippen LogP contribution >= 0.6 is 11.8 Å². The van der Waals surface area contributed by atoms with E-state index in [1.807, 2.05) is 79.1 Å². The van der Waals surface area contributed by atoms with Crippen molar-refractivity contribution < 1.29 is 9.53 Å². The Morgan fingerprint density at radius 2 is 1.78 bits per heavy atom. The quantitative estimate of drug-likeness (QED) is 0.394. The van der Waals surface area contributed by atoms with Gasteiger partial charge in [0.25, 0.3) is 0 Å². The largest absolute Gasteiger partial charge is 0.492 e. The maximum Gasteiger partial charge on any atom is 0.234 e. The average Bonchev–Trinajstić information content (AvgIpc) is 3.24. The normalized spacial score (nSPS) is 10.7. The molecule has 0 spiro atoms. The summed E-state index contributed by atoms with van der Waals surface area (Å²) in [6.45, 7) is 4.44. The van der Waals surface area contributed by atoms with Crippen molar-refractivity contribution in [2.75, 3.05) is 17.7 Å². The van der Waals surface area contributed by atoms with Crippen LogP contribution in [0.2, 0.25) is 0 Å². The maximum absolute atomic E-state index is 12.6. The van der Waals surface area contributed by atoms with E-state index < -0.39 is 0 Å². The molecule has 0 saturated carbocycles. The third-order valence-electron chi connectivity index (χ3n) is 4.73. The molecule has 7 nitrogen and oxygen atoms in total. The number of carbonyl (C=O) groups is 1. The summed E-state index contributed by atoms with van der Waals surface area (Å²) in [5.74, 6) is 1.46. The summed E-state index contributed by atoms with van der Waals surface area (Å²) in [5.41, 5.74) is 3.50. The SMILES string of the molecule is CCOc1ccccc1-n1c(SCC(=O)Nc2ccccc2C)nnc1-c1ccncc1. The van der Waals surface area contributed by atoms with Crippen LogP contribution in [-0.2, 0) is 4.79 Å². The second-order valence-corrected chi connectivity index (χ2v) is 7.87. The van der Waals surface area contributed by atoms with Crippen LogP contribution in [0.15, 0.2) is 78.2 Å².